The molecular weight excluding hydrogens is 224 g/mol. The van der Waals surface area contributed by atoms with Gasteiger partial charge in [0.25, 0.3) is 0 Å². The maximum absolute atomic E-state index is 12.1. The molecule has 0 aromatic carbocycles. The van der Waals surface area contributed by atoms with E-state index in [4.69, 9.17) is 0 Å². The Hall–Kier alpha value is -0.570. The van der Waals surface area contributed by atoms with Gasteiger partial charge in [0.05, 0.1) is 6.04 Å². The average molecular weight is 252 g/mol. The first kappa shape index (κ1) is 13.9. The predicted octanol–water partition coefficient (Wildman–Crippen LogP) is 2.32. The molecule has 0 bridgehead atoms. The average Bonchev–Trinajstić information content (AvgIpc) is 2.89. The SMILES string of the molecule is CC(C)CCCCNC(=O)C1NCC2CCCC21. The van der Waals surface area contributed by atoms with Gasteiger partial charge in [-0.05, 0) is 43.6 Å². The zero-order valence-electron chi connectivity index (χ0n) is 11.9. The molecule has 1 aliphatic heterocycles. The van der Waals surface area contributed by atoms with Crippen LogP contribution in [0.4, 0.5) is 0 Å². The quantitative estimate of drug-likeness (QED) is 0.712. The van der Waals surface area contributed by atoms with E-state index >= 15 is 0 Å². The molecule has 0 radical (unpaired) electrons. The van der Waals surface area contributed by atoms with E-state index in [0.29, 0.717) is 5.92 Å². The van der Waals surface area contributed by atoms with Crippen molar-refractivity contribution in [3.05, 3.63) is 0 Å². The van der Waals surface area contributed by atoms with Gasteiger partial charge in [-0.3, -0.25) is 4.79 Å². The van der Waals surface area contributed by atoms with Crippen LogP contribution < -0.4 is 10.6 Å². The summed E-state index contributed by atoms with van der Waals surface area (Å²) in [4.78, 5) is 12.1. The molecule has 2 rings (SSSR count). The predicted molar refractivity (Wildman–Crippen MR) is 74.3 cm³/mol. The highest BCUT2D eigenvalue weighted by molar-refractivity contribution is 5.82. The van der Waals surface area contributed by atoms with E-state index in [2.05, 4.69) is 24.5 Å². The molecule has 3 nitrogen and oxygen atoms in total. The fourth-order valence-electron chi connectivity index (χ4n) is 3.47. The lowest BCUT2D eigenvalue weighted by molar-refractivity contribution is -0.123. The van der Waals surface area contributed by atoms with E-state index in [1.165, 1.54) is 32.1 Å². The summed E-state index contributed by atoms with van der Waals surface area (Å²) in [7, 11) is 0. The highest BCUT2D eigenvalue weighted by Gasteiger charge is 2.42. The van der Waals surface area contributed by atoms with Gasteiger partial charge in [0, 0.05) is 6.54 Å². The zero-order valence-corrected chi connectivity index (χ0v) is 11.9. The van der Waals surface area contributed by atoms with Crippen molar-refractivity contribution in [3.8, 4) is 0 Å². The molecule has 0 aromatic heterocycles. The molecule has 3 unspecified atom stereocenters. The van der Waals surface area contributed by atoms with Crippen LogP contribution in [0.15, 0.2) is 0 Å². The van der Waals surface area contributed by atoms with E-state index < -0.39 is 0 Å². The molecule has 1 aliphatic carbocycles. The minimum Gasteiger partial charge on any atom is -0.355 e. The molecule has 104 valence electrons. The third-order valence-electron chi connectivity index (χ3n) is 4.54. The summed E-state index contributed by atoms with van der Waals surface area (Å²) in [5.41, 5.74) is 0. The molecule has 1 heterocycles. The second-order valence-electron chi connectivity index (χ2n) is 6.42. The number of rotatable bonds is 6. The van der Waals surface area contributed by atoms with Crippen LogP contribution in [0, 0.1) is 17.8 Å². The van der Waals surface area contributed by atoms with Gasteiger partial charge in [-0.2, -0.15) is 0 Å². The Morgan fingerprint density at radius 3 is 2.94 bits per heavy atom. The van der Waals surface area contributed by atoms with Gasteiger partial charge >= 0.3 is 0 Å². The third kappa shape index (κ3) is 3.47. The lowest BCUT2D eigenvalue weighted by Gasteiger charge is -2.17. The molecular formula is C15H28N2O. The third-order valence-corrected chi connectivity index (χ3v) is 4.54. The van der Waals surface area contributed by atoms with Crippen molar-refractivity contribution in [2.24, 2.45) is 17.8 Å². The van der Waals surface area contributed by atoms with Gasteiger partial charge in [-0.25, -0.2) is 0 Å². The van der Waals surface area contributed by atoms with Crippen LogP contribution in [0.3, 0.4) is 0 Å². The molecule has 18 heavy (non-hydrogen) atoms. The van der Waals surface area contributed by atoms with Gasteiger partial charge in [0.1, 0.15) is 0 Å². The second-order valence-corrected chi connectivity index (χ2v) is 6.42. The molecule has 1 amide bonds. The van der Waals surface area contributed by atoms with E-state index in [1.807, 2.05) is 0 Å². The Morgan fingerprint density at radius 2 is 2.17 bits per heavy atom. The van der Waals surface area contributed by atoms with Crippen LogP contribution in [-0.2, 0) is 4.79 Å². The molecule has 3 atom stereocenters. The van der Waals surface area contributed by atoms with E-state index in [-0.39, 0.29) is 11.9 Å². The number of carbonyl (C=O) groups is 1. The number of amides is 1. The van der Waals surface area contributed by atoms with E-state index in [0.717, 1.165) is 31.3 Å². The zero-order chi connectivity index (χ0) is 13.0. The molecule has 2 N–H and O–H groups in total. The molecule has 3 heteroatoms. The van der Waals surface area contributed by atoms with Crippen LogP contribution in [0.25, 0.3) is 0 Å². The van der Waals surface area contributed by atoms with Gasteiger partial charge in [-0.1, -0.05) is 33.1 Å². The molecule has 2 aliphatic rings. The van der Waals surface area contributed by atoms with Crippen molar-refractivity contribution in [2.45, 2.75) is 58.4 Å². The monoisotopic (exact) mass is 252 g/mol. The highest BCUT2D eigenvalue weighted by atomic mass is 16.2. The Kier molecular flexibility index (Phi) is 5.04. The molecule has 1 saturated heterocycles. The van der Waals surface area contributed by atoms with E-state index in [9.17, 15) is 4.79 Å². The standard InChI is InChI=1S/C15H28N2O/c1-11(2)6-3-4-9-16-15(18)14-13-8-5-7-12(13)10-17-14/h11-14,17H,3-10H2,1-2H3,(H,16,18). The first-order valence-electron chi connectivity index (χ1n) is 7.69. The van der Waals surface area contributed by atoms with Crippen molar-refractivity contribution < 1.29 is 4.79 Å². The number of carbonyl (C=O) groups excluding carboxylic acids is 1. The maximum atomic E-state index is 12.1. The minimum absolute atomic E-state index is 0.0996. The summed E-state index contributed by atoms with van der Waals surface area (Å²) in [6, 6.07) is 0.0996. The summed E-state index contributed by atoms with van der Waals surface area (Å²) in [6.07, 6.45) is 7.48. The van der Waals surface area contributed by atoms with Crippen molar-refractivity contribution >= 4 is 5.91 Å². The second kappa shape index (κ2) is 6.55. The van der Waals surface area contributed by atoms with Gasteiger partial charge in [0.15, 0.2) is 0 Å². The molecule has 1 saturated carbocycles. The van der Waals surface area contributed by atoms with Crippen molar-refractivity contribution in [1.82, 2.24) is 10.6 Å². The van der Waals surface area contributed by atoms with Crippen LogP contribution in [0.2, 0.25) is 0 Å². The van der Waals surface area contributed by atoms with Crippen molar-refractivity contribution in [3.63, 3.8) is 0 Å². The number of unbranched alkanes of at least 4 members (excludes halogenated alkanes) is 1. The minimum atomic E-state index is 0.0996. The lowest BCUT2D eigenvalue weighted by Crippen LogP contribution is -2.44. The molecule has 0 aromatic rings. The maximum Gasteiger partial charge on any atom is 0.237 e. The number of nitrogens with one attached hydrogen (secondary N) is 2. The summed E-state index contributed by atoms with van der Waals surface area (Å²) in [6.45, 7) is 6.40. The smallest absolute Gasteiger partial charge is 0.237 e. The Balaban J connectivity index is 1.63. The van der Waals surface area contributed by atoms with Crippen LogP contribution in [0.5, 0.6) is 0 Å². The Morgan fingerprint density at radius 1 is 1.33 bits per heavy atom. The first-order valence-corrected chi connectivity index (χ1v) is 7.69. The summed E-state index contributed by atoms with van der Waals surface area (Å²) in [5, 5.41) is 6.52. The molecule has 0 spiro atoms. The topological polar surface area (TPSA) is 41.1 Å². The fraction of sp³-hybridized carbons (Fsp3) is 0.933. The van der Waals surface area contributed by atoms with Gasteiger partial charge in [-0.15, -0.1) is 0 Å². The number of hydrogen-bond acceptors (Lipinski definition) is 2. The summed E-state index contributed by atoms with van der Waals surface area (Å²) < 4.78 is 0. The van der Waals surface area contributed by atoms with Crippen molar-refractivity contribution in [2.75, 3.05) is 13.1 Å². The fourth-order valence-corrected chi connectivity index (χ4v) is 3.47. The first-order chi connectivity index (χ1) is 8.68. The summed E-state index contributed by atoms with van der Waals surface area (Å²) in [5.74, 6) is 2.40. The Labute approximate surface area is 111 Å². The summed E-state index contributed by atoms with van der Waals surface area (Å²) >= 11 is 0. The van der Waals surface area contributed by atoms with Crippen molar-refractivity contribution in [1.29, 1.82) is 0 Å². The van der Waals surface area contributed by atoms with Crippen LogP contribution in [0.1, 0.15) is 52.4 Å². The van der Waals surface area contributed by atoms with Gasteiger partial charge in [0.2, 0.25) is 5.91 Å². The van der Waals surface area contributed by atoms with Crippen LogP contribution >= 0.6 is 0 Å². The van der Waals surface area contributed by atoms with Gasteiger partial charge < -0.3 is 10.6 Å². The number of fused-ring (bicyclic) bond motifs is 1. The number of hydrogen-bond donors (Lipinski definition) is 2. The highest BCUT2D eigenvalue weighted by Crippen LogP contribution is 2.37. The lowest BCUT2D eigenvalue weighted by atomic mass is 9.93. The largest absolute Gasteiger partial charge is 0.355 e. The normalized spacial score (nSPS) is 30.7. The Bertz CT molecular complexity index is 278. The van der Waals surface area contributed by atoms with E-state index in [1.54, 1.807) is 0 Å². The van der Waals surface area contributed by atoms with Crippen LogP contribution in [-0.4, -0.2) is 25.0 Å². The molecule has 2 fully saturated rings.